The standard InChI is InChI=1S/C23H18ClN/c24-20-9-6-7-18(17-20)13-14-23-22-12-5-4-8-19(22)15-16-25(23)21-10-2-1-3-11-21/h1-12,17,23H,15-16H2. The molecule has 122 valence electrons. The van der Waals surface area contributed by atoms with Crippen LogP contribution in [0, 0.1) is 11.8 Å². The fourth-order valence-electron chi connectivity index (χ4n) is 3.34. The summed E-state index contributed by atoms with van der Waals surface area (Å²) < 4.78 is 0. The highest BCUT2D eigenvalue weighted by Gasteiger charge is 2.25. The minimum absolute atomic E-state index is 0.0475. The second-order valence-electron chi connectivity index (χ2n) is 6.16. The van der Waals surface area contributed by atoms with Crippen molar-refractivity contribution in [3.8, 4) is 11.8 Å². The predicted molar refractivity (Wildman–Crippen MR) is 105 cm³/mol. The van der Waals surface area contributed by atoms with Gasteiger partial charge in [0.1, 0.15) is 6.04 Å². The number of hydrogen-bond acceptors (Lipinski definition) is 1. The first-order chi connectivity index (χ1) is 12.3. The summed E-state index contributed by atoms with van der Waals surface area (Å²) in [6.07, 6.45) is 1.04. The summed E-state index contributed by atoms with van der Waals surface area (Å²) in [5, 5.41) is 0.718. The van der Waals surface area contributed by atoms with E-state index in [1.807, 2.05) is 30.3 Å². The maximum absolute atomic E-state index is 6.09. The summed E-state index contributed by atoms with van der Waals surface area (Å²) in [5.74, 6) is 6.81. The van der Waals surface area contributed by atoms with Gasteiger partial charge in [0.15, 0.2) is 0 Å². The molecule has 0 saturated heterocycles. The summed E-state index contributed by atoms with van der Waals surface area (Å²) in [4.78, 5) is 2.39. The molecule has 0 fully saturated rings. The van der Waals surface area contributed by atoms with Crippen LogP contribution in [-0.4, -0.2) is 6.54 Å². The minimum atomic E-state index is 0.0475. The fourth-order valence-corrected chi connectivity index (χ4v) is 3.53. The zero-order valence-electron chi connectivity index (χ0n) is 13.8. The number of halogens is 1. The average Bonchev–Trinajstić information content (AvgIpc) is 2.67. The van der Waals surface area contributed by atoms with Crippen molar-refractivity contribution < 1.29 is 0 Å². The van der Waals surface area contributed by atoms with Crippen LogP contribution in [0.5, 0.6) is 0 Å². The normalized spacial score (nSPS) is 15.9. The van der Waals surface area contributed by atoms with Gasteiger partial charge >= 0.3 is 0 Å². The number of benzene rings is 3. The van der Waals surface area contributed by atoms with Crippen LogP contribution < -0.4 is 4.90 Å². The number of fused-ring (bicyclic) bond motifs is 1. The first-order valence-corrected chi connectivity index (χ1v) is 8.86. The molecule has 0 amide bonds. The van der Waals surface area contributed by atoms with E-state index in [0.717, 1.165) is 23.6 Å². The van der Waals surface area contributed by atoms with Crippen molar-refractivity contribution in [3.63, 3.8) is 0 Å². The van der Waals surface area contributed by atoms with E-state index in [4.69, 9.17) is 11.6 Å². The number of rotatable bonds is 1. The lowest BCUT2D eigenvalue weighted by molar-refractivity contribution is 0.682. The highest BCUT2D eigenvalue weighted by Crippen LogP contribution is 2.33. The van der Waals surface area contributed by atoms with Crippen molar-refractivity contribution in [1.82, 2.24) is 0 Å². The largest absolute Gasteiger partial charge is 0.353 e. The predicted octanol–water partition coefficient (Wildman–Crippen LogP) is 5.50. The van der Waals surface area contributed by atoms with Crippen LogP contribution in [0.2, 0.25) is 5.02 Å². The number of nitrogens with zero attached hydrogens (tertiary/aromatic N) is 1. The van der Waals surface area contributed by atoms with E-state index in [9.17, 15) is 0 Å². The van der Waals surface area contributed by atoms with Gasteiger partial charge in [-0.1, -0.05) is 72.0 Å². The quantitative estimate of drug-likeness (QED) is 0.528. The van der Waals surface area contributed by atoms with Gasteiger partial charge in [-0.3, -0.25) is 0 Å². The molecule has 0 spiro atoms. The van der Waals surface area contributed by atoms with Crippen molar-refractivity contribution in [2.45, 2.75) is 12.5 Å². The molecule has 25 heavy (non-hydrogen) atoms. The van der Waals surface area contributed by atoms with Gasteiger partial charge in [0.05, 0.1) is 0 Å². The summed E-state index contributed by atoms with van der Waals surface area (Å²) >= 11 is 6.09. The highest BCUT2D eigenvalue weighted by atomic mass is 35.5. The van der Waals surface area contributed by atoms with E-state index in [1.165, 1.54) is 16.8 Å². The lowest BCUT2D eigenvalue weighted by Gasteiger charge is -2.36. The Morgan fingerprint density at radius 2 is 1.68 bits per heavy atom. The Morgan fingerprint density at radius 3 is 2.52 bits per heavy atom. The molecule has 0 saturated carbocycles. The molecule has 3 aromatic carbocycles. The molecule has 1 atom stereocenters. The first kappa shape index (κ1) is 15.8. The summed E-state index contributed by atoms with van der Waals surface area (Å²) in [5.41, 5.74) is 4.85. The number of hydrogen-bond donors (Lipinski definition) is 0. The molecule has 0 aromatic heterocycles. The Hall–Kier alpha value is -2.69. The molecule has 4 rings (SSSR count). The van der Waals surface area contributed by atoms with Crippen LogP contribution in [0.25, 0.3) is 0 Å². The third-order valence-corrected chi connectivity index (χ3v) is 4.78. The van der Waals surface area contributed by atoms with E-state index >= 15 is 0 Å². The Bertz CT molecular complexity index is 937. The van der Waals surface area contributed by atoms with E-state index < -0.39 is 0 Å². The zero-order chi connectivity index (χ0) is 17.1. The van der Waals surface area contributed by atoms with Crippen LogP contribution in [0.4, 0.5) is 5.69 Å². The van der Waals surface area contributed by atoms with Crippen LogP contribution in [0.3, 0.4) is 0 Å². The molecule has 2 heteroatoms. The number of anilines is 1. The van der Waals surface area contributed by atoms with Crippen LogP contribution in [0.15, 0.2) is 78.9 Å². The minimum Gasteiger partial charge on any atom is -0.353 e. The molecular formula is C23H18ClN. The van der Waals surface area contributed by atoms with Crippen molar-refractivity contribution in [3.05, 3.63) is 101 Å². The summed E-state index contributed by atoms with van der Waals surface area (Å²) in [6.45, 7) is 0.968. The lowest BCUT2D eigenvalue weighted by atomic mass is 9.92. The second-order valence-corrected chi connectivity index (χ2v) is 6.60. The number of para-hydroxylation sites is 1. The maximum atomic E-state index is 6.09. The van der Waals surface area contributed by atoms with Gasteiger partial charge in [-0.25, -0.2) is 0 Å². The molecule has 1 heterocycles. The molecule has 1 aliphatic heterocycles. The maximum Gasteiger partial charge on any atom is 0.117 e. The third kappa shape index (κ3) is 3.40. The van der Waals surface area contributed by atoms with Gasteiger partial charge in [0.25, 0.3) is 0 Å². The molecule has 3 aromatic rings. The van der Waals surface area contributed by atoms with E-state index in [2.05, 4.69) is 65.3 Å². The van der Waals surface area contributed by atoms with Gasteiger partial charge < -0.3 is 4.90 Å². The van der Waals surface area contributed by atoms with E-state index in [1.54, 1.807) is 0 Å². The molecule has 1 nitrogen and oxygen atoms in total. The fraction of sp³-hybridized carbons (Fsp3) is 0.130. The van der Waals surface area contributed by atoms with Gasteiger partial charge in [0.2, 0.25) is 0 Å². The Labute approximate surface area is 153 Å². The zero-order valence-corrected chi connectivity index (χ0v) is 14.6. The summed E-state index contributed by atoms with van der Waals surface area (Å²) in [6, 6.07) is 26.9. The lowest BCUT2D eigenvalue weighted by Crippen LogP contribution is -2.34. The smallest absolute Gasteiger partial charge is 0.117 e. The molecule has 0 N–H and O–H groups in total. The van der Waals surface area contributed by atoms with Crippen LogP contribution in [-0.2, 0) is 6.42 Å². The van der Waals surface area contributed by atoms with Gasteiger partial charge in [-0.15, -0.1) is 0 Å². The SMILES string of the molecule is Clc1cccc(C#CC2c3ccccc3CCN2c2ccccc2)c1. The Balaban J connectivity index is 1.77. The molecular weight excluding hydrogens is 326 g/mol. The topological polar surface area (TPSA) is 3.24 Å². The average molecular weight is 344 g/mol. The van der Waals surface area contributed by atoms with Crippen LogP contribution >= 0.6 is 11.6 Å². The molecule has 0 radical (unpaired) electrons. The van der Waals surface area contributed by atoms with Crippen molar-refractivity contribution in [2.24, 2.45) is 0 Å². The van der Waals surface area contributed by atoms with Crippen molar-refractivity contribution in [2.75, 3.05) is 11.4 Å². The highest BCUT2D eigenvalue weighted by molar-refractivity contribution is 6.30. The first-order valence-electron chi connectivity index (χ1n) is 8.48. The molecule has 1 unspecified atom stereocenters. The van der Waals surface area contributed by atoms with Crippen molar-refractivity contribution >= 4 is 17.3 Å². The summed E-state index contributed by atoms with van der Waals surface area (Å²) in [7, 11) is 0. The monoisotopic (exact) mass is 343 g/mol. The van der Waals surface area contributed by atoms with E-state index in [0.29, 0.717) is 0 Å². The molecule has 0 bridgehead atoms. The van der Waals surface area contributed by atoms with Gasteiger partial charge in [0, 0.05) is 22.8 Å². The Kier molecular flexibility index (Phi) is 4.46. The van der Waals surface area contributed by atoms with E-state index in [-0.39, 0.29) is 6.04 Å². The van der Waals surface area contributed by atoms with Gasteiger partial charge in [-0.05, 0) is 47.9 Å². The third-order valence-electron chi connectivity index (χ3n) is 4.55. The van der Waals surface area contributed by atoms with Crippen LogP contribution in [0.1, 0.15) is 22.7 Å². The molecule has 1 aliphatic rings. The Morgan fingerprint density at radius 1 is 0.880 bits per heavy atom. The van der Waals surface area contributed by atoms with Gasteiger partial charge in [-0.2, -0.15) is 0 Å². The molecule has 0 aliphatic carbocycles. The van der Waals surface area contributed by atoms with Crippen molar-refractivity contribution in [1.29, 1.82) is 0 Å². The second kappa shape index (κ2) is 7.05.